The minimum atomic E-state index is 0.600. The third-order valence-corrected chi connectivity index (χ3v) is 4.46. The maximum atomic E-state index is 6.05. The molecule has 0 atom stereocenters. The van der Waals surface area contributed by atoms with E-state index < -0.39 is 0 Å². The van der Waals surface area contributed by atoms with E-state index in [1.165, 1.54) is 0 Å². The number of amidine groups is 1. The number of hydrogen-bond donors (Lipinski definition) is 1. The molecule has 1 aliphatic rings. The Morgan fingerprint density at radius 3 is 2.44 bits per heavy atom. The summed E-state index contributed by atoms with van der Waals surface area (Å²) in [5.74, 6) is 1.49. The van der Waals surface area contributed by atoms with Crippen LogP contribution in [0.4, 0.5) is 5.69 Å². The molecule has 27 heavy (non-hydrogen) atoms. The zero-order valence-electron chi connectivity index (χ0n) is 14.8. The second kappa shape index (κ2) is 7.64. The first kappa shape index (κ1) is 17.3. The van der Waals surface area contributed by atoms with Crippen molar-refractivity contribution in [3.8, 4) is 5.75 Å². The summed E-state index contributed by atoms with van der Waals surface area (Å²) in [6.07, 6.45) is 0. The van der Waals surface area contributed by atoms with Gasteiger partial charge in [0.1, 0.15) is 11.5 Å². The topological polar surface area (TPSA) is 46.0 Å². The van der Waals surface area contributed by atoms with Crippen molar-refractivity contribution in [1.82, 2.24) is 5.43 Å². The molecule has 1 heterocycles. The molecule has 4 nitrogen and oxygen atoms in total. The summed E-state index contributed by atoms with van der Waals surface area (Å²) in [7, 11) is 0. The monoisotopic (exact) mass is 375 g/mol. The van der Waals surface area contributed by atoms with E-state index in [2.05, 4.69) is 10.5 Å². The van der Waals surface area contributed by atoms with Gasteiger partial charge in [0.2, 0.25) is 0 Å². The van der Waals surface area contributed by atoms with Crippen molar-refractivity contribution in [2.75, 3.05) is 6.61 Å². The second-order valence-electron chi connectivity index (χ2n) is 6.02. The van der Waals surface area contributed by atoms with Gasteiger partial charge in [-0.15, -0.1) is 0 Å². The number of hydrazone groups is 1. The molecular formula is C22H18ClN3O. The highest BCUT2D eigenvalue weighted by Gasteiger charge is 2.18. The second-order valence-corrected chi connectivity index (χ2v) is 6.45. The summed E-state index contributed by atoms with van der Waals surface area (Å²) in [6.45, 7) is 2.57. The molecular weight excluding hydrogens is 358 g/mol. The van der Waals surface area contributed by atoms with Crippen LogP contribution in [-0.4, -0.2) is 18.2 Å². The number of aliphatic imine (C=N–C) groups is 1. The quantitative estimate of drug-likeness (QED) is 0.683. The first-order valence-electron chi connectivity index (χ1n) is 8.75. The van der Waals surface area contributed by atoms with E-state index >= 15 is 0 Å². The molecule has 0 aromatic heterocycles. The van der Waals surface area contributed by atoms with Crippen molar-refractivity contribution in [2.45, 2.75) is 6.92 Å². The van der Waals surface area contributed by atoms with E-state index in [1.807, 2.05) is 79.7 Å². The Morgan fingerprint density at radius 2 is 1.70 bits per heavy atom. The first-order valence-corrected chi connectivity index (χ1v) is 9.13. The van der Waals surface area contributed by atoms with Crippen LogP contribution in [0.5, 0.6) is 5.75 Å². The summed E-state index contributed by atoms with van der Waals surface area (Å²) in [6, 6.07) is 23.4. The van der Waals surface area contributed by atoms with Crippen LogP contribution in [0, 0.1) is 0 Å². The Balaban J connectivity index is 1.86. The zero-order valence-corrected chi connectivity index (χ0v) is 15.6. The van der Waals surface area contributed by atoms with Gasteiger partial charge in [0, 0.05) is 21.7 Å². The number of nitrogens with zero attached hydrogens (tertiary/aromatic N) is 2. The van der Waals surface area contributed by atoms with Crippen LogP contribution in [0.15, 0.2) is 82.9 Å². The highest BCUT2D eigenvalue weighted by Crippen LogP contribution is 2.30. The number of rotatable bonds is 4. The standard InChI is InChI=1S/C22H18ClN3O/c1-2-27-18-12-13-20-19(14-18)21(15-8-10-17(23)11-9-15)25-26-22(24-20)16-6-4-3-5-7-16/h3-14H,2H2,1H3,(H,24,26). The smallest absolute Gasteiger partial charge is 0.154 e. The molecule has 0 amide bonds. The van der Waals surface area contributed by atoms with Gasteiger partial charge in [-0.05, 0) is 37.3 Å². The SMILES string of the molecule is CCOc1ccc2c(c1)C(c1ccc(Cl)cc1)=NNC(c1ccccc1)=N2. The lowest BCUT2D eigenvalue weighted by Gasteiger charge is -2.10. The van der Waals surface area contributed by atoms with Crippen molar-refractivity contribution in [1.29, 1.82) is 0 Å². The van der Waals surface area contributed by atoms with Gasteiger partial charge in [0.15, 0.2) is 5.84 Å². The number of halogens is 1. The molecule has 0 saturated heterocycles. The van der Waals surface area contributed by atoms with Crippen molar-refractivity contribution < 1.29 is 4.74 Å². The van der Waals surface area contributed by atoms with Gasteiger partial charge in [-0.2, -0.15) is 5.10 Å². The van der Waals surface area contributed by atoms with E-state index in [1.54, 1.807) is 0 Å². The van der Waals surface area contributed by atoms with Gasteiger partial charge >= 0.3 is 0 Å². The van der Waals surface area contributed by atoms with Gasteiger partial charge in [-0.1, -0.05) is 54.1 Å². The van der Waals surface area contributed by atoms with Gasteiger partial charge in [-0.25, -0.2) is 4.99 Å². The Kier molecular flexibility index (Phi) is 4.90. The van der Waals surface area contributed by atoms with E-state index in [9.17, 15) is 0 Å². The third-order valence-electron chi connectivity index (χ3n) is 4.20. The third kappa shape index (κ3) is 3.71. The lowest BCUT2D eigenvalue weighted by Crippen LogP contribution is -2.19. The highest BCUT2D eigenvalue weighted by molar-refractivity contribution is 6.30. The summed E-state index contributed by atoms with van der Waals surface area (Å²) >= 11 is 6.05. The summed E-state index contributed by atoms with van der Waals surface area (Å²) in [5.41, 5.74) is 7.57. The van der Waals surface area contributed by atoms with Gasteiger partial charge in [-0.3, -0.25) is 5.43 Å². The van der Waals surface area contributed by atoms with E-state index in [-0.39, 0.29) is 0 Å². The molecule has 0 radical (unpaired) electrons. The zero-order chi connectivity index (χ0) is 18.6. The van der Waals surface area contributed by atoms with Crippen molar-refractivity contribution >= 4 is 28.8 Å². The molecule has 1 N–H and O–H groups in total. The van der Waals surface area contributed by atoms with Crippen LogP contribution in [0.2, 0.25) is 5.02 Å². The highest BCUT2D eigenvalue weighted by atomic mass is 35.5. The lowest BCUT2D eigenvalue weighted by molar-refractivity contribution is 0.340. The van der Waals surface area contributed by atoms with Crippen LogP contribution in [-0.2, 0) is 0 Å². The molecule has 1 aliphatic heterocycles. The Morgan fingerprint density at radius 1 is 0.926 bits per heavy atom. The fourth-order valence-electron chi connectivity index (χ4n) is 2.93. The van der Waals surface area contributed by atoms with Crippen LogP contribution in [0.1, 0.15) is 23.6 Å². The predicted octanol–water partition coefficient (Wildman–Crippen LogP) is 5.17. The number of benzene rings is 3. The molecule has 0 saturated carbocycles. The number of hydrogen-bond acceptors (Lipinski definition) is 4. The Labute approximate surface area is 163 Å². The van der Waals surface area contributed by atoms with Gasteiger partial charge in [0.05, 0.1) is 12.3 Å². The van der Waals surface area contributed by atoms with Gasteiger partial charge in [0.25, 0.3) is 0 Å². The summed E-state index contributed by atoms with van der Waals surface area (Å²) < 4.78 is 5.68. The summed E-state index contributed by atoms with van der Waals surface area (Å²) in [4.78, 5) is 4.81. The average Bonchev–Trinajstić information content (AvgIpc) is 2.89. The number of ether oxygens (including phenoxy) is 1. The molecule has 0 bridgehead atoms. The van der Waals surface area contributed by atoms with Crippen LogP contribution in [0.25, 0.3) is 0 Å². The molecule has 3 aromatic carbocycles. The largest absolute Gasteiger partial charge is 0.494 e. The molecule has 0 fully saturated rings. The van der Waals surface area contributed by atoms with Crippen LogP contribution < -0.4 is 10.2 Å². The van der Waals surface area contributed by atoms with Crippen molar-refractivity contribution in [3.63, 3.8) is 0 Å². The molecule has 4 rings (SSSR count). The number of nitrogens with one attached hydrogen (secondary N) is 1. The van der Waals surface area contributed by atoms with E-state index in [0.717, 1.165) is 33.8 Å². The predicted molar refractivity (Wildman–Crippen MR) is 110 cm³/mol. The maximum absolute atomic E-state index is 6.05. The van der Waals surface area contributed by atoms with Gasteiger partial charge < -0.3 is 4.74 Å². The fraction of sp³-hybridized carbons (Fsp3) is 0.0909. The van der Waals surface area contributed by atoms with E-state index in [4.69, 9.17) is 21.3 Å². The normalized spacial score (nSPS) is 13.0. The minimum Gasteiger partial charge on any atom is -0.494 e. The molecule has 3 aromatic rings. The van der Waals surface area contributed by atoms with Crippen molar-refractivity contribution in [2.24, 2.45) is 10.1 Å². The minimum absolute atomic E-state index is 0.600. The average molecular weight is 376 g/mol. The van der Waals surface area contributed by atoms with Crippen LogP contribution >= 0.6 is 11.6 Å². The molecule has 0 unspecified atom stereocenters. The Hall–Kier alpha value is -3.11. The fourth-order valence-corrected chi connectivity index (χ4v) is 3.05. The number of fused-ring (bicyclic) bond motifs is 1. The van der Waals surface area contributed by atoms with E-state index in [0.29, 0.717) is 17.5 Å². The molecule has 0 aliphatic carbocycles. The molecule has 134 valence electrons. The Bertz CT molecular complexity index is 1010. The van der Waals surface area contributed by atoms with Crippen molar-refractivity contribution in [3.05, 3.63) is 94.5 Å². The molecule has 0 spiro atoms. The maximum Gasteiger partial charge on any atom is 0.154 e. The summed E-state index contributed by atoms with van der Waals surface area (Å²) in [5, 5.41) is 5.35. The molecule has 5 heteroatoms. The lowest BCUT2D eigenvalue weighted by atomic mass is 10.0. The van der Waals surface area contributed by atoms with Crippen LogP contribution in [0.3, 0.4) is 0 Å². The first-order chi connectivity index (χ1) is 13.2.